The quantitative estimate of drug-likeness (QED) is 0.145. The summed E-state index contributed by atoms with van der Waals surface area (Å²) in [5.41, 5.74) is 15.7. The fourth-order valence-electron chi connectivity index (χ4n) is 9.62. The maximum atomic E-state index is 7.36. The Hall–Kier alpha value is -8.99. The number of nitrogens with zero attached hydrogens (tertiary/aromatic N) is 3. The van der Waals surface area contributed by atoms with E-state index in [-0.39, 0.29) is 0 Å². The van der Waals surface area contributed by atoms with Crippen molar-refractivity contribution in [2.45, 2.75) is 5.60 Å². The summed E-state index contributed by atoms with van der Waals surface area (Å²) in [4.78, 5) is 16.2. The molecule has 0 atom stereocenters. The standard InChI is InChI=1S/C64H43N3O/c1-7-21-44(22-8-1)49-37-50(45-23-9-2-10-24-45)40-53(39-49)62-65-61(66-63(67-62)54-41-51(46-25-11-3-12-26-46)38-52(42-54)47-27-13-4-14-28-47)48-35-36-60-58(43-48)57-33-19-20-34-59(57)64(68-60,55-29-15-5-16-30-55)56-31-17-6-18-32-56/h1-43H. The van der Waals surface area contributed by atoms with Crippen LogP contribution in [0.5, 0.6) is 5.75 Å². The first-order valence-corrected chi connectivity index (χ1v) is 23.0. The molecule has 0 amide bonds. The molecule has 0 radical (unpaired) electrons. The lowest BCUT2D eigenvalue weighted by Gasteiger charge is -2.41. The summed E-state index contributed by atoms with van der Waals surface area (Å²) < 4.78 is 7.36. The Labute approximate surface area is 396 Å². The van der Waals surface area contributed by atoms with E-state index in [4.69, 9.17) is 19.7 Å². The van der Waals surface area contributed by atoms with Gasteiger partial charge in [0.1, 0.15) is 5.75 Å². The maximum Gasteiger partial charge on any atom is 0.185 e. The van der Waals surface area contributed by atoms with Crippen LogP contribution in [0.25, 0.3) is 89.8 Å². The van der Waals surface area contributed by atoms with E-state index in [2.05, 4.69) is 261 Å². The lowest BCUT2D eigenvalue weighted by molar-refractivity contribution is 0.152. The SMILES string of the molecule is c1ccc(-c2cc(-c3ccccc3)cc(-c3nc(-c4cc(-c5ccccc5)cc(-c5ccccc5)c4)nc(-c4ccc5c(c4)-c4ccccc4C(c4ccccc4)(c4ccccc4)O5)n3)c2)cc1. The van der Waals surface area contributed by atoms with Crippen molar-refractivity contribution in [3.63, 3.8) is 0 Å². The molecule has 0 saturated heterocycles. The van der Waals surface area contributed by atoms with Crippen LogP contribution in [0.1, 0.15) is 16.7 Å². The van der Waals surface area contributed by atoms with Gasteiger partial charge in [-0.2, -0.15) is 0 Å². The summed E-state index contributed by atoms with van der Waals surface area (Å²) in [5, 5.41) is 0. The van der Waals surface area contributed by atoms with Crippen molar-refractivity contribution < 1.29 is 4.74 Å². The van der Waals surface area contributed by atoms with Gasteiger partial charge in [-0.15, -0.1) is 0 Å². The van der Waals surface area contributed by atoms with Crippen molar-refractivity contribution in [1.82, 2.24) is 15.0 Å². The summed E-state index contributed by atoms with van der Waals surface area (Å²) >= 11 is 0. The maximum absolute atomic E-state index is 7.36. The van der Waals surface area contributed by atoms with Crippen LogP contribution in [0, 0.1) is 0 Å². The molecule has 320 valence electrons. The third kappa shape index (κ3) is 7.54. The molecular formula is C64H43N3O. The van der Waals surface area contributed by atoms with E-state index in [1.54, 1.807) is 0 Å². The van der Waals surface area contributed by atoms with Crippen molar-refractivity contribution in [1.29, 1.82) is 0 Å². The van der Waals surface area contributed by atoms with Gasteiger partial charge >= 0.3 is 0 Å². The van der Waals surface area contributed by atoms with Crippen LogP contribution in [0.15, 0.2) is 261 Å². The Bertz CT molecular complexity index is 3260. The number of rotatable bonds is 9. The first-order valence-electron chi connectivity index (χ1n) is 23.0. The molecule has 0 spiro atoms. The van der Waals surface area contributed by atoms with E-state index in [9.17, 15) is 0 Å². The highest BCUT2D eigenvalue weighted by atomic mass is 16.5. The number of aromatic nitrogens is 3. The van der Waals surface area contributed by atoms with Crippen LogP contribution >= 0.6 is 0 Å². The minimum absolute atomic E-state index is 0.561. The molecule has 4 heteroatoms. The molecule has 2 heterocycles. The lowest BCUT2D eigenvalue weighted by Crippen LogP contribution is -2.38. The number of fused-ring (bicyclic) bond motifs is 3. The van der Waals surface area contributed by atoms with Crippen molar-refractivity contribution in [2.75, 3.05) is 0 Å². The molecule has 0 saturated carbocycles. The molecule has 12 rings (SSSR count). The molecule has 4 nitrogen and oxygen atoms in total. The summed E-state index contributed by atoms with van der Waals surface area (Å²) in [7, 11) is 0. The average molecular weight is 870 g/mol. The van der Waals surface area contributed by atoms with Crippen molar-refractivity contribution >= 4 is 0 Å². The number of hydrogen-bond acceptors (Lipinski definition) is 4. The lowest BCUT2D eigenvalue weighted by atomic mass is 9.75. The molecule has 10 aromatic carbocycles. The number of hydrogen-bond donors (Lipinski definition) is 0. The normalized spacial score (nSPS) is 12.4. The summed E-state index contributed by atoms with van der Waals surface area (Å²) in [6, 6.07) is 91.3. The largest absolute Gasteiger partial charge is 0.472 e. The van der Waals surface area contributed by atoms with Gasteiger partial charge in [-0.25, -0.2) is 15.0 Å². The smallest absolute Gasteiger partial charge is 0.185 e. The molecule has 68 heavy (non-hydrogen) atoms. The highest BCUT2D eigenvalue weighted by molar-refractivity contribution is 5.85. The van der Waals surface area contributed by atoms with Gasteiger partial charge in [0.05, 0.1) is 0 Å². The fraction of sp³-hybridized carbons (Fsp3) is 0.0156. The third-order valence-electron chi connectivity index (χ3n) is 12.9. The Kier molecular flexibility index (Phi) is 10.4. The first-order chi connectivity index (χ1) is 33.7. The molecule has 11 aromatic rings. The second kappa shape index (κ2) is 17.4. The molecule has 1 aliphatic heterocycles. The van der Waals surface area contributed by atoms with Crippen LogP contribution in [0.4, 0.5) is 0 Å². The van der Waals surface area contributed by atoms with Crippen LogP contribution in [-0.4, -0.2) is 15.0 Å². The summed E-state index contributed by atoms with van der Waals surface area (Å²) in [6.07, 6.45) is 0. The zero-order chi connectivity index (χ0) is 45.3. The zero-order valence-corrected chi connectivity index (χ0v) is 37.1. The number of benzene rings is 10. The zero-order valence-electron chi connectivity index (χ0n) is 37.1. The molecular weight excluding hydrogens is 827 g/mol. The molecule has 0 fully saturated rings. The van der Waals surface area contributed by atoms with Gasteiger partial charge in [0.15, 0.2) is 23.1 Å². The minimum atomic E-state index is -0.873. The van der Waals surface area contributed by atoms with Gasteiger partial charge in [-0.05, 0) is 105 Å². The molecule has 1 aliphatic rings. The van der Waals surface area contributed by atoms with Gasteiger partial charge in [-0.1, -0.05) is 206 Å². The monoisotopic (exact) mass is 869 g/mol. The Morgan fingerprint density at radius 3 is 1.00 bits per heavy atom. The van der Waals surface area contributed by atoms with E-state index in [1.165, 1.54) is 0 Å². The second-order valence-corrected chi connectivity index (χ2v) is 17.1. The van der Waals surface area contributed by atoms with E-state index < -0.39 is 5.60 Å². The van der Waals surface area contributed by atoms with Crippen molar-refractivity contribution in [2.24, 2.45) is 0 Å². The molecule has 0 unspecified atom stereocenters. The van der Waals surface area contributed by atoms with Gasteiger partial charge in [0.25, 0.3) is 0 Å². The molecule has 0 bridgehead atoms. The Balaban J connectivity index is 1.08. The van der Waals surface area contributed by atoms with Crippen LogP contribution in [-0.2, 0) is 5.60 Å². The van der Waals surface area contributed by atoms with Crippen LogP contribution < -0.4 is 4.74 Å². The van der Waals surface area contributed by atoms with Gasteiger partial charge in [-0.3, -0.25) is 0 Å². The predicted molar refractivity (Wildman–Crippen MR) is 277 cm³/mol. The second-order valence-electron chi connectivity index (χ2n) is 17.1. The summed E-state index contributed by atoms with van der Waals surface area (Å²) in [5.74, 6) is 2.49. The average Bonchev–Trinajstić information content (AvgIpc) is 3.43. The molecule has 0 N–H and O–H groups in total. The highest BCUT2D eigenvalue weighted by Crippen LogP contribution is 2.52. The van der Waals surface area contributed by atoms with Crippen molar-refractivity contribution in [3.05, 3.63) is 278 Å². The van der Waals surface area contributed by atoms with E-state index in [1.807, 2.05) is 0 Å². The predicted octanol–water partition coefficient (Wildman–Crippen LogP) is 15.9. The van der Waals surface area contributed by atoms with Crippen LogP contribution in [0.3, 0.4) is 0 Å². The van der Waals surface area contributed by atoms with Crippen molar-refractivity contribution in [3.8, 4) is 95.5 Å². The van der Waals surface area contributed by atoms with E-state index in [0.29, 0.717) is 17.5 Å². The van der Waals surface area contributed by atoms with Gasteiger partial charge in [0, 0.05) is 38.9 Å². The van der Waals surface area contributed by atoms with Gasteiger partial charge < -0.3 is 4.74 Å². The Morgan fingerprint density at radius 2 is 0.588 bits per heavy atom. The topological polar surface area (TPSA) is 47.9 Å². The first kappa shape index (κ1) is 40.5. The minimum Gasteiger partial charge on any atom is -0.472 e. The highest BCUT2D eigenvalue weighted by Gasteiger charge is 2.44. The van der Waals surface area contributed by atoms with Gasteiger partial charge in [0.2, 0.25) is 0 Å². The Morgan fingerprint density at radius 1 is 0.250 bits per heavy atom. The van der Waals surface area contributed by atoms with Crippen LogP contribution in [0.2, 0.25) is 0 Å². The van der Waals surface area contributed by atoms with E-state index in [0.717, 1.165) is 94.8 Å². The van der Waals surface area contributed by atoms with E-state index >= 15 is 0 Å². The summed E-state index contributed by atoms with van der Waals surface area (Å²) in [6.45, 7) is 0. The number of ether oxygens (including phenoxy) is 1. The fourth-order valence-corrected chi connectivity index (χ4v) is 9.62. The molecule has 0 aliphatic carbocycles. The molecule has 1 aromatic heterocycles. The third-order valence-corrected chi connectivity index (χ3v) is 12.9.